The van der Waals surface area contributed by atoms with Gasteiger partial charge in [-0.15, -0.1) is 0 Å². The van der Waals surface area contributed by atoms with Gasteiger partial charge in [-0.25, -0.2) is 0 Å². The highest BCUT2D eigenvalue weighted by molar-refractivity contribution is 5.76. The molecule has 0 aliphatic rings. The molecule has 0 aromatic heterocycles. The molecule has 1 unspecified atom stereocenters. The fourth-order valence-corrected chi connectivity index (χ4v) is 0.715. The van der Waals surface area contributed by atoms with Gasteiger partial charge >= 0.3 is 0 Å². The molecule has 0 heterocycles. The molecule has 0 fully saturated rings. The quantitative estimate of drug-likeness (QED) is 0.478. The highest BCUT2D eigenvalue weighted by atomic mass is 16.3. The summed E-state index contributed by atoms with van der Waals surface area (Å²) in [5.74, 6) is -0.593. The Kier molecular flexibility index (Phi) is 4.28. The molecule has 0 aliphatic carbocycles. The predicted molar refractivity (Wildman–Crippen MR) is 43.1 cm³/mol. The highest BCUT2D eigenvalue weighted by Crippen LogP contribution is 1.87. The van der Waals surface area contributed by atoms with Crippen LogP contribution in [0.5, 0.6) is 0 Å². The normalized spacial score (nSPS) is 12.4. The Morgan fingerprint density at radius 2 is 1.50 bits per heavy atom. The van der Waals surface area contributed by atoms with Crippen LogP contribution >= 0.6 is 0 Å². The van der Waals surface area contributed by atoms with Crippen LogP contribution in [0.2, 0.25) is 0 Å². The van der Waals surface area contributed by atoms with Gasteiger partial charge in [0.05, 0.1) is 6.10 Å². The van der Waals surface area contributed by atoms with Crippen molar-refractivity contribution in [2.75, 3.05) is 0 Å². The zero-order valence-corrected chi connectivity index (χ0v) is 7.42. The van der Waals surface area contributed by atoms with Crippen LogP contribution in [0, 0.1) is 0 Å². The van der Waals surface area contributed by atoms with Crippen molar-refractivity contribution in [3.05, 3.63) is 0 Å². The third kappa shape index (κ3) is 4.68. The highest BCUT2D eigenvalue weighted by Gasteiger charge is 2.15. The second-order valence-electron chi connectivity index (χ2n) is 2.62. The van der Waals surface area contributed by atoms with Gasteiger partial charge in [-0.1, -0.05) is 0 Å². The summed E-state index contributed by atoms with van der Waals surface area (Å²) in [5, 5.41) is 13.9. The summed E-state index contributed by atoms with van der Waals surface area (Å²) in [7, 11) is 0. The Labute approximate surface area is 71.1 Å². The zero-order valence-electron chi connectivity index (χ0n) is 7.42. The summed E-state index contributed by atoms with van der Waals surface area (Å²) in [6.07, 6.45) is -1.52. The van der Waals surface area contributed by atoms with E-state index in [0.29, 0.717) is 0 Å². The summed E-state index contributed by atoms with van der Waals surface area (Å²) >= 11 is 0. The number of amides is 2. The minimum atomic E-state index is -0.808. The molecule has 70 valence electrons. The van der Waals surface area contributed by atoms with Crippen molar-refractivity contribution in [3.8, 4) is 0 Å². The van der Waals surface area contributed by atoms with E-state index in [1.54, 1.807) is 0 Å². The number of rotatable bonds is 3. The van der Waals surface area contributed by atoms with Crippen molar-refractivity contribution in [3.63, 3.8) is 0 Å². The lowest BCUT2D eigenvalue weighted by Crippen LogP contribution is -2.52. The first-order chi connectivity index (χ1) is 5.43. The molecule has 5 nitrogen and oxygen atoms in total. The fourth-order valence-electron chi connectivity index (χ4n) is 0.715. The van der Waals surface area contributed by atoms with E-state index >= 15 is 0 Å². The van der Waals surface area contributed by atoms with E-state index < -0.39 is 12.3 Å². The van der Waals surface area contributed by atoms with Gasteiger partial charge < -0.3 is 15.7 Å². The average molecular weight is 174 g/mol. The summed E-state index contributed by atoms with van der Waals surface area (Å²) in [5.41, 5.74) is 0. The summed E-state index contributed by atoms with van der Waals surface area (Å²) in [6, 6.07) is 0. The standard InChI is InChI=1S/C7H14N2O3/c1-4(10)7(8-5(2)11)9-6(3)12/h4,7,10H,1-3H3,(H,8,11)(H,9,12). The van der Waals surface area contributed by atoms with Gasteiger partial charge in [0.15, 0.2) is 0 Å². The predicted octanol–water partition coefficient (Wildman–Crippen LogP) is -1.03. The zero-order chi connectivity index (χ0) is 9.72. The Hall–Kier alpha value is -1.10. The molecule has 0 aromatic rings. The molecule has 5 heteroatoms. The minimum absolute atomic E-state index is 0.297. The van der Waals surface area contributed by atoms with Crippen LogP contribution in [0.4, 0.5) is 0 Å². The molecule has 0 spiro atoms. The molecule has 0 bridgehead atoms. The molecule has 0 radical (unpaired) electrons. The van der Waals surface area contributed by atoms with Crippen molar-refractivity contribution in [1.29, 1.82) is 0 Å². The number of aliphatic hydroxyl groups excluding tert-OH is 1. The number of hydrogen-bond donors (Lipinski definition) is 3. The smallest absolute Gasteiger partial charge is 0.218 e. The fraction of sp³-hybridized carbons (Fsp3) is 0.714. The molecule has 3 N–H and O–H groups in total. The summed E-state index contributed by atoms with van der Waals surface area (Å²) in [4.78, 5) is 21.1. The molecule has 1 atom stereocenters. The van der Waals surface area contributed by atoms with Crippen LogP contribution in [0.1, 0.15) is 20.8 Å². The lowest BCUT2D eigenvalue weighted by Gasteiger charge is -2.20. The van der Waals surface area contributed by atoms with E-state index in [2.05, 4.69) is 10.6 Å². The first kappa shape index (κ1) is 10.9. The monoisotopic (exact) mass is 174 g/mol. The van der Waals surface area contributed by atoms with E-state index in [-0.39, 0.29) is 11.8 Å². The molecule has 12 heavy (non-hydrogen) atoms. The molecule has 0 saturated heterocycles. The van der Waals surface area contributed by atoms with Gasteiger partial charge in [0.1, 0.15) is 6.17 Å². The molecule has 0 saturated carbocycles. The van der Waals surface area contributed by atoms with Gasteiger partial charge in [0.25, 0.3) is 0 Å². The number of aliphatic hydroxyl groups is 1. The van der Waals surface area contributed by atoms with Crippen molar-refractivity contribution >= 4 is 11.8 Å². The summed E-state index contributed by atoms with van der Waals surface area (Å²) in [6.45, 7) is 4.12. The third-order valence-corrected chi connectivity index (χ3v) is 1.20. The van der Waals surface area contributed by atoms with Crippen LogP contribution in [0.25, 0.3) is 0 Å². The maximum Gasteiger partial charge on any atom is 0.218 e. The van der Waals surface area contributed by atoms with Crippen LogP contribution < -0.4 is 10.6 Å². The Balaban J connectivity index is 4.04. The second kappa shape index (κ2) is 4.71. The summed E-state index contributed by atoms with van der Waals surface area (Å²) < 4.78 is 0. The van der Waals surface area contributed by atoms with E-state index in [9.17, 15) is 9.59 Å². The second-order valence-corrected chi connectivity index (χ2v) is 2.62. The van der Waals surface area contributed by atoms with Gasteiger partial charge in [-0.05, 0) is 6.92 Å². The third-order valence-electron chi connectivity index (χ3n) is 1.20. The Morgan fingerprint density at radius 3 is 1.67 bits per heavy atom. The van der Waals surface area contributed by atoms with Crippen molar-refractivity contribution < 1.29 is 14.7 Å². The molecule has 0 aliphatic heterocycles. The maximum atomic E-state index is 10.6. The van der Waals surface area contributed by atoms with Crippen molar-refractivity contribution in [1.82, 2.24) is 10.6 Å². The Bertz CT molecular complexity index is 163. The topological polar surface area (TPSA) is 78.4 Å². The first-order valence-electron chi connectivity index (χ1n) is 3.65. The minimum Gasteiger partial charge on any atom is -0.389 e. The van der Waals surface area contributed by atoms with E-state index in [1.807, 2.05) is 0 Å². The Morgan fingerprint density at radius 1 is 1.17 bits per heavy atom. The number of nitrogens with one attached hydrogen (secondary N) is 2. The maximum absolute atomic E-state index is 10.6. The van der Waals surface area contributed by atoms with Crippen LogP contribution in [0.3, 0.4) is 0 Å². The van der Waals surface area contributed by atoms with Gasteiger partial charge in [-0.3, -0.25) is 9.59 Å². The molecular formula is C7H14N2O3. The largest absolute Gasteiger partial charge is 0.389 e. The van der Waals surface area contributed by atoms with Crippen LogP contribution in [0.15, 0.2) is 0 Å². The molecular weight excluding hydrogens is 160 g/mol. The van der Waals surface area contributed by atoms with Crippen LogP contribution in [-0.4, -0.2) is 29.2 Å². The molecule has 2 amide bonds. The molecule has 0 rings (SSSR count). The SMILES string of the molecule is CC(=O)NC(NC(C)=O)C(C)O. The number of carbonyl (C=O) groups is 2. The number of carbonyl (C=O) groups excluding carboxylic acids is 2. The lowest BCUT2D eigenvalue weighted by atomic mass is 10.3. The van der Waals surface area contributed by atoms with Crippen molar-refractivity contribution in [2.24, 2.45) is 0 Å². The van der Waals surface area contributed by atoms with Gasteiger partial charge in [0.2, 0.25) is 11.8 Å². The van der Waals surface area contributed by atoms with E-state index in [0.717, 1.165) is 0 Å². The lowest BCUT2D eigenvalue weighted by molar-refractivity contribution is -0.123. The van der Waals surface area contributed by atoms with Gasteiger partial charge in [0, 0.05) is 13.8 Å². The average Bonchev–Trinajstić information content (AvgIpc) is 1.83. The van der Waals surface area contributed by atoms with E-state index in [4.69, 9.17) is 5.11 Å². The first-order valence-corrected chi connectivity index (χ1v) is 3.65. The van der Waals surface area contributed by atoms with Crippen LogP contribution in [-0.2, 0) is 9.59 Å². The number of hydrogen-bond acceptors (Lipinski definition) is 3. The van der Waals surface area contributed by atoms with Crippen molar-refractivity contribution in [2.45, 2.75) is 33.0 Å². The van der Waals surface area contributed by atoms with Gasteiger partial charge in [-0.2, -0.15) is 0 Å². The van der Waals surface area contributed by atoms with E-state index in [1.165, 1.54) is 20.8 Å². The molecule has 0 aromatic carbocycles.